The molecule has 0 amide bonds. The van der Waals surface area contributed by atoms with E-state index in [1.807, 2.05) is 34.6 Å². The van der Waals surface area contributed by atoms with Gasteiger partial charge in [-0.1, -0.05) is 0 Å². The van der Waals surface area contributed by atoms with Crippen molar-refractivity contribution in [3.05, 3.63) is 0 Å². The molecule has 21 heavy (non-hydrogen) atoms. The zero-order valence-corrected chi connectivity index (χ0v) is 13.9. The minimum Gasteiger partial charge on any atom is -0.373 e. The quantitative estimate of drug-likeness (QED) is 0.615. The molecule has 1 aliphatic heterocycles. The fourth-order valence-corrected chi connectivity index (χ4v) is 2.49. The number of hydrogen-bond acceptors (Lipinski definition) is 6. The van der Waals surface area contributed by atoms with E-state index in [1.165, 1.54) is 0 Å². The van der Waals surface area contributed by atoms with Crippen LogP contribution in [0.3, 0.4) is 0 Å². The van der Waals surface area contributed by atoms with Crippen molar-refractivity contribution in [2.75, 3.05) is 33.0 Å². The molecule has 0 aromatic heterocycles. The maximum atomic E-state index is 5.90. The molecule has 1 saturated heterocycles. The first-order valence-corrected chi connectivity index (χ1v) is 7.96. The number of rotatable bonds is 10. The average molecular weight is 306 g/mol. The molecule has 0 aliphatic carbocycles. The fourth-order valence-electron chi connectivity index (χ4n) is 2.49. The molecular weight excluding hydrogens is 276 g/mol. The highest BCUT2D eigenvalue weighted by molar-refractivity contribution is 4.89. The molecule has 126 valence electrons. The lowest BCUT2D eigenvalue weighted by Crippen LogP contribution is -2.61. The molecule has 6 nitrogen and oxygen atoms in total. The third-order valence-corrected chi connectivity index (χ3v) is 3.19. The molecule has 0 aromatic rings. The molecule has 0 aromatic carbocycles. The molecule has 0 bridgehead atoms. The number of hydrogen-bond donors (Lipinski definition) is 0. The Morgan fingerprint density at radius 3 is 1.19 bits per heavy atom. The van der Waals surface area contributed by atoms with Gasteiger partial charge in [-0.3, -0.25) is 0 Å². The van der Waals surface area contributed by atoms with Gasteiger partial charge < -0.3 is 28.4 Å². The monoisotopic (exact) mass is 306 g/mol. The second-order valence-electron chi connectivity index (χ2n) is 4.54. The minimum atomic E-state index is -0.514. The lowest BCUT2D eigenvalue weighted by molar-refractivity contribution is -0.363. The summed E-state index contributed by atoms with van der Waals surface area (Å²) in [7, 11) is 0. The number of ether oxygens (including phenoxy) is 6. The van der Waals surface area contributed by atoms with E-state index < -0.39 is 12.6 Å². The van der Waals surface area contributed by atoms with Crippen LogP contribution < -0.4 is 0 Å². The van der Waals surface area contributed by atoms with Crippen LogP contribution in [0.15, 0.2) is 0 Å². The Hall–Kier alpha value is -0.240. The van der Waals surface area contributed by atoms with Crippen LogP contribution in [0.5, 0.6) is 0 Å². The van der Waals surface area contributed by atoms with E-state index >= 15 is 0 Å². The first kappa shape index (κ1) is 18.8. The third kappa shape index (κ3) is 5.16. The lowest BCUT2D eigenvalue weighted by atomic mass is 10.0. The Kier molecular flexibility index (Phi) is 9.39. The summed E-state index contributed by atoms with van der Waals surface area (Å²) >= 11 is 0. The van der Waals surface area contributed by atoms with Crippen molar-refractivity contribution in [2.45, 2.75) is 65.5 Å². The van der Waals surface area contributed by atoms with Crippen molar-refractivity contribution < 1.29 is 28.4 Å². The van der Waals surface area contributed by atoms with Crippen molar-refractivity contribution in [1.29, 1.82) is 0 Å². The molecular formula is C15H30O6. The highest BCUT2D eigenvalue weighted by atomic mass is 16.8. The molecule has 1 heterocycles. The second kappa shape index (κ2) is 10.5. The summed E-state index contributed by atoms with van der Waals surface area (Å²) in [6.45, 7) is 12.4. The fraction of sp³-hybridized carbons (Fsp3) is 1.00. The van der Waals surface area contributed by atoms with Gasteiger partial charge in [0.25, 0.3) is 0 Å². The van der Waals surface area contributed by atoms with Gasteiger partial charge in [-0.05, 0) is 34.6 Å². The van der Waals surface area contributed by atoms with Crippen LogP contribution in [0, 0.1) is 0 Å². The van der Waals surface area contributed by atoms with Crippen LogP contribution >= 0.6 is 0 Å². The van der Waals surface area contributed by atoms with Gasteiger partial charge in [0.05, 0.1) is 0 Å². The van der Waals surface area contributed by atoms with Gasteiger partial charge in [-0.25, -0.2) is 0 Å². The first-order valence-electron chi connectivity index (χ1n) is 7.96. The lowest BCUT2D eigenvalue weighted by Gasteiger charge is -2.45. The van der Waals surface area contributed by atoms with Gasteiger partial charge >= 0.3 is 0 Å². The zero-order chi connectivity index (χ0) is 15.7. The molecule has 6 heteroatoms. The molecule has 5 atom stereocenters. The largest absolute Gasteiger partial charge is 0.373 e. The van der Waals surface area contributed by atoms with E-state index in [1.54, 1.807) is 0 Å². The SMILES string of the molecule is CCOC1[C@@H](OCC)[C@H](OCC)O[C@H](OCC)[C@H]1OCC. The Labute approximate surface area is 128 Å². The predicted octanol–water partition coefficient (Wildman–Crippen LogP) is 1.96. The Morgan fingerprint density at radius 1 is 0.524 bits per heavy atom. The molecule has 1 rings (SSSR count). The average Bonchev–Trinajstić information content (AvgIpc) is 2.47. The maximum absolute atomic E-state index is 5.90. The standard InChI is InChI=1S/C15H30O6/c1-6-16-11-12(17-7-2)14(19-9-4)21-15(20-10-5)13(11)18-8-3/h11-15H,6-10H2,1-5H3/t11?,12-,13+,14-,15+. The van der Waals surface area contributed by atoms with E-state index in [-0.39, 0.29) is 18.3 Å². The summed E-state index contributed by atoms with van der Waals surface area (Å²) in [5.74, 6) is 0. The van der Waals surface area contributed by atoms with Crippen LogP contribution in [0.25, 0.3) is 0 Å². The summed E-state index contributed by atoms with van der Waals surface area (Å²) in [5, 5.41) is 0. The smallest absolute Gasteiger partial charge is 0.189 e. The molecule has 1 aliphatic rings. The van der Waals surface area contributed by atoms with Gasteiger partial charge in [0, 0.05) is 33.0 Å². The topological polar surface area (TPSA) is 55.4 Å². The second-order valence-corrected chi connectivity index (χ2v) is 4.54. The maximum Gasteiger partial charge on any atom is 0.189 e. The van der Waals surface area contributed by atoms with Crippen molar-refractivity contribution in [3.8, 4) is 0 Å². The van der Waals surface area contributed by atoms with Crippen LogP contribution in [0.1, 0.15) is 34.6 Å². The summed E-state index contributed by atoms with van der Waals surface area (Å²) in [6.07, 6.45) is -1.97. The van der Waals surface area contributed by atoms with Gasteiger partial charge in [0.1, 0.15) is 18.3 Å². The van der Waals surface area contributed by atoms with Gasteiger partial charge in [0.15, 0.2) is 12.6 Å². The summed E-state index contributed by atoms with van der Waals surface area (Å²) in [5.41, 5.74) is 0. The van der Waals surface area contributed by atoms with Crippen LogP contribution in [0.2, 0.25) is 0 Å². The summed E-state index contributed by atoms with van der Waals surface area (Å²) in [4.78, 5) is 0. The predicted molar refractivity (Wildman–Crippen MR) is 78.2 cm³/mol. The molecule has 1 unspecified atom stereocenters. The highest BCUT2D eigenvalue weighted by Gasteiger charge is 2.48. The van der Waals surface area contributed by atoms with E-state index in [0.29, 0.717) is 33.0 Å². The minimum absolute atomic E-state index is 0.281. The van der Waals surface area contributed by atoms with Gasteiger partial charge in [-0.2, -0.15) is 0 Å². The molecule has 0 spiro atoms. The Bertz CT molecular complexity index is 241. The van der Waals surface area contributed by atoms with E-state index in [0.717, 1.165) is 0 Å². The molecule has 0 radical (unpaired) electrons. The van der Waals surface area contributed by atoms with Gasteiger partial charge in [-0.15, -0.1) is 0 Å². The summed E-state index contributed by atoms with van der Waals surface area (Å²) < 4.78 is 34.7. The van der Waals surface area contributed by atoms with Crippen LogP contribution in [-0.4, -0.2) is 63.9 Å². The highest BCUT2D eigenvalue weighted by Crippen LogP contribution is 2.29. The third-order valence-electron chi connectivity index (χ3n) is 3.19. The Morgan fingerprint density at radius 2 is 0.857 bits per heavy atom. The van der Waals surface area contributed by atoms with E-state index in [2.05, 4.69) is 0 Å². The normalized spacial score (nSPS) is 33.3. The molecule has 0 saturated carbocycles. The van der Waals surface area contributed by atoms with Crippen molar-refractivity contribution in [3.63, 3.8) is 0 Å². The van der Waals surface area contributed by atoms with Crippen LogP contribution in [-0.2, 0) is 28.4 Å². The van der Waals surface area contributed by atoms with Crippen molar-refractivity contribution >= 4 is 0 Å². The van der Waals surface area contributed by atoms with Crippen molar-refractivity contribution in [1.82, 2.24) is 0 Å². The van der Waals surface area contributed by atoms with Gasteiger partial charge in [0.2, 0.25) is 0 Å². The van der Waals surface area contributed by atoms with Crippen LogP contribution in [0.4, 0.5) is 0 Å². The summed E-state index contributed by atoms with van der Waals surface area (Å²) in [6, 6.07) is 0. The van der Waals surface area contributed by atoms with Crippen molar-refractivity contribution in [2.24, 2.45) is 0 Å². The Balaban J connectivity index is 2.95. The zero-order valence-electron chi connectivity index (χ0n) is 13.9. The molecule has 1 fully saturated rings. The van der Waals surface area contributed by atoms with E-state index in [9.17, 15) is 0 Å². The van der Waals surface area contributed by atoms with E-state index in [4.69, 9.17) is 28.4 Å². The first-order chi connectivity index (χ1) is 10.2. The molecule has 0 N–H and O–H groups in total.